The zero-order valence-electron chi connectivity index (χ0n) is 13.2. The van der Waals surface area contributed by atoms with Crippen LogP contribution in [0.5, 0.6) is 5.88 Å². The summed E-state index contributed by atoms with van der Waals surface area (Å²) in [7, 11) is 1.71. The second-order valence-electron chi connectivity index (χ2n) is 4.40. The van der Waals surface area contributed by atoms with Gasteiger partial charge in [-0.3, -0.25) is 0 Å². The van der Waals surface area contributed by atoms with Crippen molar-refractivity contribution in [3.63, 3.8) is 0 Å². The number of aromatic nitrogens is 1. The van der Waals surface area contributed by atoms with Crippen molar-refractivity contribution < 1.29 is 9.47 Å². The van der Waals surface area contributed by atoms with Crippen molar-refractivity contribution in [1.29, 1.82) is 0 Å². The van der Waals surface area contributed by atoms with Crippen molar-refractivity contribution in [2.24, 2.45) is 4.99 Å². The maximum absolute atomic E-state index is 5.39. The summed E-state index contributed by atoms with van der Waals surface area (Å²) in [6, 6.07) is 3.86. The Morgan fingerprint density at radius 3 is 2.90 bits per heavy atom. The molecule has 0 aliphatic rings. The van der Waals surface area contributed by atoms with Crippen LogP contribution < -0.4 is 15.4 Å². The number of nitrogens with zero attached hydrogens (tertiary/aromatic N) is 2. The van der Waals surface area contributed by atoms with Gasteiger partial charge in [0.05, 0.1) is 13.2 Å². The Morgan fingerprint density at radius 2 is 2.19 bits per heavy atom. The van der Waals surface area contributed by atoms with Gasteiger partial charge >= 0.3 is 0 Å². The Labute approximate surface area is 127 Å². The maximum atomic E-state index is 5.39. The zero-order valence-corrected chi connectivity index (χ0v) is 13.2. The van der Waals surface area contributed by atoms with Gasteiger partial charge in [-0.25, -0.2) is 9.98 Å². The van der Waals surface area contributed by atoms with E-state index in [0.29, 0.717) is 19.0 Å². The molecule has 1 rings (SSSR count). The normalized spacial score (nSPS) is 11.3. The molecular weight excluding hydrogens is 268 g/mol. The van der Waals surface area contributed by atoms with E-state index in [4.69, 9.17) is 9.47 Å². The van der Waals surface area contributed by atoms with E-state index < -0.39 is 0 Å². The van der Waals surface area contributed by atoms with Crippen LogP contribution in [0.15, 0.2) is 23.3 Å². The van der Waals surface area contributed by atoms with Crippen molar-refractivity contribution in [2.75, 3.05) is 33.4 Å². The van der Waals surface area contributed by atoms with Gasteiger partial charge in [0.1, 0.15) is 0 Å². The van der Waals surface area contributed by atoms with E-state index in [2.05, 4.69) is 20.6 Å². The molecule has 0 aliphatic carbocycles. The van der Waals surface area contributed by atoms with Gasteiger partial charge in [0, 0.05) is 39.1 Å². The van der Waals surface area contributed by atoms with Gasteiger partial charge in [0.25, 0.3) is 0 Å². The molecule has 21 heavy (non-hydrogen) atoms. The van der Waals surface area contributed by atoms with Crippen LogP contribution in [-0.2, 0) is 11.3 Å². The molecule has 2 N–H and O–H groups in total. The number of hydrogen-bond donors (Lipinski definition) is 2. The third kappa shape index (κ3) is 7.51. The van der Waals surface area contributed by atoms with Crippen molar-refractivity contribution in [3.05, 3.63) is 23.9 Å². The smallest absolute Gasteiger partial charge is 0.213 e. The van der Waals surface area contributed by atoms with Crippen molar-refractivity contribution in [3.8, 4) is 5.88 Å². The summed E-state index contributed by atoms with van der Waals surface area (Å²) in [6.07, 6.45) is 2.69. The summed E-state index contributed by atoms with van der Waals surface area (Å²) in [4.78, 5) is 8.70. The zero-order chi connectivity index (χ0) is 15.3. The molecule has 0 aromatic carbocycles. The Morgan fingerprint density at radius 1 is 1.33 bits per heavy atom. The van der Waals surface area contributed by atoms with E-state index >= 15 is 0 Å². The van der Waals surface area contributed by atoms with E-state index in [0.717, 1.165) is 37.6 Å². The summed E-state index contributed by atoms with van der Waals surface area (Å²) in [6.45, 7) is 7.60. The molecule has 0 amide bonds. The molecule has 6 nitrogen and oxygen atoms in total. The van der Waals surface area contributed by atoms with Gasteiger partial charge in [-0.1, -0.05) is 0 Å². The van der Waals surface area contributed by atoms with Crippen LogP contribution in [0.1, 0.15) is 25.8 Å². The van der Waals surface area contributed by atoms with E-state index in [1.54, 1.807) is 13.3 Å². The summed E-state index contributed by atoms with van der Waals surface area (Å²) < 4.78 is 10.4. The average molecular weight is 294 g/mol. The number of hydrogen-bond acceptors (Lipinski definition) is 4. The van der Waals surface area contributed by atoms with Crippen LogP contribution >= 0.6 is 0 Å². The number of guanidine groups is 1. The van der Waals surface area contributed by atoms with Crippen LogP contribution in [0, 0.1) is 0 Å². The Bertz CT molecular complexity index is 424. The summed E-state index contributed by atoms with van der Waals surface area (Å²) in [5, 5.41) is 6.50. The molecule has 0 saturated heterocycles. The molecule has 0 radical (unpaired) electrons. The largest absolute Gasteiger partial charge is 0.478 e. The minimum atomic E-state index is 0.586. The van der Waals surface area contributed by atoms with Crippen molar-refractivity contribution >= 4 is 5.96 Å². The Kier molecular flexibility index (Phi) is 8.95. The lowest BCUT2D eigenvalue weighted by molar-refractivity contribution is 0.195. The molecule has 1 heterocycles. The topological polar surface area (TPSA) is 67.8 Å². The van der Waals surface area contributed by atoms with Crippen LogP contribution in [0.3, 0.4) is 0 Å². The third-order valence-electron chi connectivity index (χ3n) is 2.67. The van der Waals surface area contributed by atoms with Crippen LogP contribution in [0.25, 0.3) is 0 Å². The fourth-order valence-electron chi connectivity index (χ4n) is 1.71. The third-order valence-corrected chi connectivity index (χ3v) is 2.67. The molecule has 0 saturated carbocycles. The molecular formula is C15H26N4O2. The quantitative estimate of drug-likeness (QED) is 0.411. The van der Waals surface area contributed by atoms with Crippen LogP contribution in [0.2, 0.25) is 0 Å². The molecule has 0 aliphatic heterocycles. The van der Waals surface area contributed by atoms with Gasteiger partial charge in [0.15, 0.2) is 5.96 Å². The number of methoxy groups -OCH3 is 1. The fourth-order valence-corrected chi connectivity index (χ4v) is 1.71. The van der Waals surface area contributed by atoms with Gasteiger partial charge in [-0.05, 0) is 31.9 Å². The first-order valence-electron chi connectivity index (χ1n) is 7.39. The average Bonchev–Trinajstić information content (AvgIpc) is 2.50. The lowest BCUT2D eigenvalue weighted by Crippen LogP contribution is -2.38. The number of nitrogens with one attached hydrogen (secondary N) is 2. The van der Waals surface area contributed by atoms with Gasteiger partial charge in [-0.15, -0.1) is 0 Å². The second kappa shape index (κ2) is 10.9. The van der Waals surface area contributed by atoms with Gasteiger partial charge < -0.3 is 20.1 Å². The van der Waals surface area contributed by atoms with E-state index in [-0.39, 0.29) is 0 Å². The highest BCUT2D eigenvalue weighted by Crippen LogP contribution is 2.10. The molecule has 0 bridgehead atoms. The lowest BCUT2D eigenvalue weighted by atomic mass is 10.3. The summed E-state index contributed by atoms with van der Waals surface area (Å²) in [5.74, 6) is 1.45. The van der Waals surface area contributed by atoms with E-state index in [9.17, 15) is 0 Å². The molecule has 0 fully saturated rings. The van der Waals surface area contributed by atoms with E-state index in [1.807, 2.05) is 26.0 Å². The molecule has 1 aromatic heterocycles. The standard InChI is InChI=1S/C15H26N4O2/c1-4-16-15(18-8-6-10-20-3)19-12-13-7-9-17-14(11-13)21-5-2/h7,9,11H,4-6,8,10,12H2,1-3H3,(H2,16,18,19). The predicted octanol–water partition coefficient (Wildman–Crippen LogP) is 1.57. The maximum Gasteiger partial charge on any atom is 0.213 e. The van der Waals surface area contributed by atoms with Crippen LogP contribution in [-0.4, -0.2) is 44.4 Å². The first-order chi connectivity index (χ1) is 10.3. The van der Waals surface area contributed by atoms with E-state index in [1.165, 1.54) is 0 Å². The highest BCUT2D eigenvalue weighted by molar-refractivity contribution is 5.79. The minimum Gasteiger partial charge on any atom is -0.478 e. The van der Waals surface area contributed by atoms with Gasteiger partial charge in [-0.2, -0.15) is 0 Å². The molecule has 1 aromatic rings. The van der Waals surface area contributed by atoms with Crippen molar-refractivity contribution in [1.82, 2.24) is 15.6 Å². The number of aliphatic imine (C=N–C) groups is 1. The van der Waals surface area contributed by atoms with Crippen LogP contribution in [0.4, 0.5) is 0 Å². The first kappa shape index (κ1) is 17.2. The summed E-state index contributed by atoms with van der Waals surface area (Å²) in [5.41, 5.74) is 1.07. The SMILES string of the molecule is CCNC(=NCc1ccnc(OCC)c1)NCCCOC. The molecule has 118 valence electrons. The Hall–Kier alpha value is -1.82. The first-order valence-corrected chi connectivity index (χ1v) is 7.39. The van der Waals surface area contributed by atoms with Crippen molar-refractivity contribution in [2.45, 2.75) is 26.8 Å². The van der Waals surface area contributed by atoms with Gasteiger partial charge in [0.2, 0.25) is 5.88 Å². The number of rotatable bonds is 9. The second-order valence-corrected chi connectivity index (χ2v) is 4.40. The minimum absolute atomic E-state index is 0.586. The lowest BCUT2D eigenvalue weighted by Gasteiger charge is -2.11. The fraction of sp³-hybridized carbons (Fsp3) is 0.600. The highest BCUT2D eigenvalue weighted by Gasteiger charge is 1.99. The molecule has 0 spiro atoms. The number of ether oxygens (including phenoxy) is 2. The predicted molar refractivity (Wildman–Crippen MR) is 84.7 cm³/mol. The summed E-state index contributed by atoms with van der Waals surface area (Å²) >= 11 is 0. The Balaban J connectivity index is 2.53. The molecule has 6 heteroatoms. The monoisotopic (exact) mass is 294 g/mol. The number of pyridine rings is 1. The highest BCUT2D eigenvalue weighted by atomic mass is 16.5. The molecule has 0 unspecified atom stereocenters. The molecule has 0 atom stereocenters.